The van der Waals surface area contributed by atoms with E-state index >= 15 is 0 Å². The summed E-state index contributed by atoms with van der Waals surface area (Å²) in [5.74, 6) is 1.60. The highest BCUT2D eigenvalue weighted by Gasteiger charge is 2.04. The highest BCUT2D eigenvalue weighted by Crippen LogP contribution is 2.05. The van der Waals surface area contributed by atoms with E-state index in [9.17, 15) is 0 Å². The van der Waals surface area contributed by atoms with Crippen LogP contribution in [0.15, 0.2) is 29.4 Å². The molecule has 0 aliphatic heterocycles. The quantitative estimate of drug-likeness (QED) is 0.347. The fraction of sp³-hybridized carbons (Fsp3) is 0.500. The Labute approximate surface area is 142 Å². The summed E-state index contributed by atoms with van der Waals surface area (Å²) in [6, 6.07) is 5.90. The Kier molecular flexibility index (Phi) is 7.41. The standard InChI is InChI=1S/C14H22N6.HI/c1-3-19(4-2)14(15)16-10-7-9-13-18-17-12-8-5-6-11-20(12)13;/h5-6,8,11H,3-4,7,9-10H2,1-2H3,(H2,15,16);1H. The van der Waals surface area contributed by atoms with Crippen molar-refractivity contribution in [1.29, 1.82) is 0 Å². The maximum atomic E-state index is 5.93. The summed E-state index contributed by atoms with van der Waals surface area (Å²) < 4.78 is 2.01. The molecule has 21 heavy (non-hydrogen) atoms. The van der Waals surface area contributed by atoms with Crippen LogP contribution in [0.5, 0.6) is 0 Å². The molecule has 0 unspecified atom stereocenters. The van der Waals surface area contributed by atoms with Gasteiger partial charge in [-0.15, -0.1) is 34.2 Å². The van der Waals surface area contributed by atoms with Crippen molar-refractivity contribution < 1.29 is 0 Å². The van der Waals surface area contributed by atoms with Crippen molar-refractivity contribution in [2.24, 2.45) is 10.7 Å². The van der Waals surface area contributed by atoms with Crippen LogP contribution in [-0.2, 0) is 6.42 Å². The van der Waals surface area contributed by atoms with Crippen LogP contribution in [0.3, 0.4) is 0 Å². The van der Waals surface area contributed by atoms with E-state index in [4.69, 9.17) is 5.73 Å². The first-order chi connectivity index (χ1) is 9.76. The second kappa shape index (κ2) is 8.81. The van der Waals surface area contributed by atoms with Gasteiger partial charge >= 0.3 is 0 Å². The van der Waals surface area contributed by atoms with E-state index in [1.54, 1.807) is 0 Å². The molecule has 0 aromatic carbocycles. The van der Waals surface area contributed by atoms with Crippen molar-refractivity contribution in [2.45, 2.75) is 26.7 Å². The maximum Gasteiger partial charge on any atom is 0.191 e. The second-order valence-corrected chi connectivity index (χ2v) is 4.56. The number of hydrogen-bond donors (Lipinski definition) is 1. The van der Waals surface area contributed by atoms with Crippen molar-refractivity contribution in [2.75, 3.05) is 19.6 Å². The van der Waals surface area contributed by atoms with Gasteiger partial charge in [0, 0.05) is 32.3 Å². The zero-order chi connectivity index (χ0) is 14.4. The van der Waals surface area contributed by atoms with Gasteiger partial charge in [0.15, 0.2) is 11.6 Å². The molecule has 2 aromatic heterocycles. The first kappa shape index (κ1) is 17.7. The van der Waals surface area contributed by atoms with Crippen LogP contribution in [0.2, 0.25) is 0 Å². The summed E-state index contributed by atoms with van der Waals surface area (Å²) >= 11 is 0. The molecule has 0 aliphatic carbocycles. The van der Waals surface area contributed by atoms with Crippen LogP contribution >= 0.6 is 24.0 Å². The number of aromatic nitrogens is 3. The van der Waals surface area contributed by atoms with Crippen molar-refractivity contribution in [1.82, 2.24) is 19.5 Å². The van der Waals surface area contributed by atoms with E-state index in [1.165, 1.54) is 0 Å². The van der Waals surface area contributed by atoms with Gasteiger partial charge in [0.1, 0.15) is 5.82 Å². The molecule has 2 N–H and O–H groups in total. The van der Waals surface area contributed by atoms with Crippen molar-refractivity contribution in [3.63, 3.8) is 0 Å². The first-order valence-corrected chi connectivity index (χ1v) is 7.09. The molecule has 0 saturated heterocycles. The lowest BCUT2D eigenvalue weighted by molar-refractivity contribution is 0.458. The van der Waals surface area contributed by atoms with Gasteiger partial charge in [0.2, 0.25) is 0 Å². The second-order valence-electron chi connectivity index (χ2n) is 4.56. The minimum absolute atomic E-state index is 0. The molecule has 0 fully saturated rings. The number of hydrogen-bond acceptors (Lipinski definition) is 3. The Balaban J connectivity index is 0.00000220. The van der Waals surface area contributed by atoms with Crippen LogP contribution in [-0.4, -0.2) is 45.1 Å². The molecule has 0 aliphatic rings. The Morgan fingerprint density at radius 1 is 1.29 bits per heavy atom. The van der Waals surface area contributed by atoms with Gasteiger partial charge in [-0.1, -0.05) is 6.07 Å². The lowest BCUT2D eigenvalue weighted by Crippen LogP contribution is -2.37. The van der Waals surface area contributed by atoms with E-state index in [2.05, 4.69) is 29.0 Å². The zero-order valence-electron chi connectivity index (χ0n) is 12.6. The van der Waals surface area contributed by atoms with Gasteiger partial charge in [-0.05, 0) is 32.4 Å². The highest BCUT2D eigenvalue weighted by atomic mass is 127. The van der Waals surface area contributed by atoms with Crippen LogP contribution < -0.4 is 5.73 Å². The van der Waals surface area contributed by atoms with Gasteiger partial charge in [0.05, 0.1) is 0 Å². The Bertz CT molecular complexity index is 576. The molecule has 0 atom stereocenters. The van der Waals surface area contributed by atoms with E-state index in [-0.39, 0.29) is 24.0 Å². The number of nitrogens with two attached hydrogens (primary N) is 1. The molecule has 116 valence electrons. The number of nitrogens with zero attached hydrogens (tertiary/aromatic N) is 5. The van der Waals surface area contributed by atoms with Crippen LogP contribution in [0.4, 0.5) is 0 Å². The molecular formula is C14H23IN6. The monoisotopic (exact) mass is 402 g/mol. The number of rotatable bonds is 6. The minimum atomic E-state index is 0. The third-order valence-corrected chi connectivity index (χ3v) is 3.30. The third-order valence-electron chi connectivity index (χ3n) is 3.30. The van der Waals surface area contributed by atoms with E-state index in [0.717, 1.165) is 37.4 Å². The Morgan fingerprint density at radius 3 is 2.76 bits per heavy atom. The van der Waals surface area contributed by atoms with Gasteiger partial charge in [-0.2, -0.15) is 0 Å². The third kappa shape index (κ3) is 4.55. The predicted molar refractivity (Wildman–Crippen MR) is 96.1 cm³/mol. The first-order valence-electron chi connectivity index (χ1n) is 7.09. The minimum Gasteiger partial charge on any atom is -0.370 e. The molecule has 0 radical (unpaired) electrons. The zero-order valence-corrected chi connectivity index (χ0v) is 14.9. The fourth-order valence-corrected chi connectivity index (χ4v) is 2.14. The summed E-state index contributed by atoms with van der Waals surface area (Å²) in [6.45, 7) is 6.65. The van der Waals surface area contributed by atoms with E-state index in [0.29, 0.717) is 12.5 Å². The van der Waals surface area contributed by atoms with Crippen molar-refractivity contribution >= 4 is 35.6 Å². The molecule has 0 amide bonds. The van der Waals surface area contributed by atoms with Gasteiger partial charge in [-0.25, -0.2) is 0 Å². The SMILES string of the molecule is CCN(CC)C(N)=NCCCc1nnc2ccccn12.I. The topological polar surface area (TPSA) is 71.8 Å². The van der Waals surface area contributed by atoms with Crippen LogP contribution in [0.1, 0.15) is 26.1 Å². The maximum absolute atomic E-state index is 5.93. The Hall–Kier alpha value is -1.38. The molecule has 0 spiro atoms. The number of halogens is 1. The molecule has 7 heteroatoms. The number of aryl methyl sites for hydroxylation is 1. The fourth-order valence-electron chi connectivity index (χ4n) is 2.14. The molecule has 0 saturated carbocycles. The molecule has 2 heterocycles. The number of guanidine groups is 1. The van der Waals surface area contributed by atoms with Gasteiger partial charge in [-0.3, -0.25) is 9.39 Å². The average Bonchev–Trinajstić information content (AvgIpc) is 2.88. The Morgan fingerprint density at radius 2 is 2.05 bits per heavy atom. The average molecular weight is 402 g/mol. The van der Waals surface area contributed by atoms with Gasteiger partial charge < -0.3 is 10.6 Å². The van der Waals surface area contributed by atoms with Crippen molar-refractivity contribution in [3.8, 4) is 0 Å². The lowest BCUT2D eigenvalue weighted by atomic mass is 10.3. The normalized spacial score (nSPS) is 11.4. The summed E-state index contributed by atoms with van der Waals surface area (Å²) in [5.41, 5.74) is 6.81. The summed E-state index contributed by atoms with van der Waals surface area (Å²) in [4.78, 5) is 6.46. The van der Waals surface area contributed by atoms with E-state index in [1.807, 2.05) is 33.7 Å². The smallest absolute Gasteiger partial charge is 0.191 e. The summed E-state index contributed by atoms with van der Waals surface area (Å²) in [5, 5.41) is 8.33. The molecule has 6 nitrogen and oxygen atoms in total. The lowest BCUT2D eigenvalue weighted by Gasteiger charge is -2.19. The predicted octanol–water partition coefficient (Wildman–Crippen LogP) is 1.94. The molecule has 2 rings (SSSR count). The summed E-state index contributed by atoms with van der Waals surface area (Å²) in [6.07, 6.45) is 3.75. The van der Waals surface area contributed by atoms with E-state index < -0.39 is 0 Å². The van der Waals surface area contributed by atoms with Crippen LogP contribution in [0, 0.1) is 0 Å². The number of pyridine rings is 1. The largest absolute Gasteiger partial charge is 0.370 e. The van der Waals surface area contributed by atoms with Crippen LogP contribution in [0.25, 0.3) is 5.65 Å². The van der Waals surface area contributed by atoms with Gasteiger partial charge in [0.25, 0.3) is 0 Å². The number of aliphatic imine (C=N–C) groups is 1. The molecule has 0 bridgehead atoms. The summed E-state index contributed by atoms with van der Waals surface area (Å²) in [7, 11) is 0. The number of fused-ring (bicyclic) bond motifs is 1. The molecular weight excluding hydrogens is 379 g/mol. The van der Waals surface area contributed by atoms with Crippen molar-refractivity contribution in [3.05, 3.63) is 30.2 Å². The highest BCUT2D eigenvalue weighted by molar-refractivity contribution is 14.0. The molecule has 2 aromatic rings.